The summed E-state index contributed by atoms with van der Waals surface area (Å²) in [6.07, 6.45) is 6.41. The Morgan fingerprint density at radius 2 is 1.85 bits per heavy atom. The summed E-state index contributed by atoms with van der Waals surface area (Å²) in [7, 11) is -2.34. The number of hydrogen-bond donors (Lipinski definition) is 2. The van der Waals surface area contributed by atoms with Crippen molar-refractivity contribution in [2.24, 2.45) is 11.1 Å². The number of hydrogen-bond acceptors (Lipinski definition) is 6. The van der Waals surface area contributed by atoms with E-state index in [1.54, 1.807) is 0 Å². The zero-order chi connectivity index (χ0) is 19.4. The number of amides is 1. The second kappa shape index (κ2) is 8.18. The van der Waals surface area contributed by atoms with E-state index in [0.29, 0.717) is 6.54 Å². The molecule has 0 radical (unpaired) electrons. The van der Waals surface area contributed by atoms with Gasteiger partial charge in [0.1, 0.15) is 0 Å². The highest BCUT2D eigenvalue weighted by atomic mass is 32.2. The Bertz CT molecular complexity index is 783. The first-order valence-electron chi connectivity index (χ1n) is 8.62. The van der Waals surface area contributed by atoms with Gasteiger partial charge < -0.3 is 15.8 Å². The van der Waals surface area contributed by atoms with Gasteiger partial charge in [-0.05, 0) is 43.0 Å². The fraction of sp³-hybridized carbons (Fsp3) is 0.556. The van der Waals surface area contributed by atoms with Crippen molar-refractivity contribution in [2.45, 2.75) is 43.4 Å². The van der Waals surface area contributed by atoms with Crippen LogP contribution >= 0.6 is 0 Å². The number of anilines is 1. The van der Waals surface area contributed by atoms with Crippen molar-refractivity contribution in [3.05, 3.63) is 23.8 Å². The molecule has 8 heteroatoms. The number of nitrogens with one attached hydrogen (secondary N) is 1. The Morgan fingerprint density at radius 1 is 1.19 bits per heavy atom. The summed E-state index contributed by atoms with van der Waals surface area (Å²) in [5, 5.41) is 2.71. The largest absolute Gasteiger partial charge is 0.465 e. The van der Waals surface area contributed by atoms with Crippen LogP contribution in [0.2, 0.25) is 0 Å². The van der Waals surface area contributed by atoms with Crippen molar-refractivity contribution in [2.75, 3.05) is 25.2 Å². The van der Waals surface area contributed by atoms with Crippen LogP contribution in [0.5, 0.6) is 0 Å². The topological polar surface area (TPSA) is 116 Å². The van der Waals surface area contributed by atoms with Crippen LogP contribution in [0.1, 0.15) is 48.9 Å². The van der Waals surface area contributed by atoms with E-state index < -0.39 is 15.8 Å². The third-order valence-electron chi connectivity index (χ3n) is 4.92. The number of carbonyl (C=O) groups excluding carboxylic acids is 2. The first kappa shape index (κ1) is 20.4. The minimum Gasteiger partial charge on any atom is -0.465 e. The molecule has 26 heavy (non-hydrogen) atoms. The van der Waals surface area contributed by atoms with Gasteiger partial charge in [-0.1, -0.05) is 19.3 Å². The van der Waals surface area contributed by atoms with Gasteiger partial charge in [0.25, 0.3) is 0 Å². The molecule has 1 aromatic rings. The van der Waals surface area contributed by atoms with Gasteiger partial charge in [0, 0.05) is 18.4 Å². The van der Waals surface area contributed by atoms with Gasteiger partial charge in [-0.2, -0.15) is 0 Å². The zero-order valence-corrected chi connectivity index (χ0v) is 16.0. The average Bonchev–Trinajstić information content (AvgIpc) is 2.60. The van der Waals surface area contributed by atoms with Crippen molar-refractivity contribution in [1.82, 2.24) is 0 Å². The molecule has 0 bridgehead atoms. The Labute approximate surface area is 154 Å². The third kappa shape index (κ3) is 5.04. The van der Waals surface area contributed by atoms with Gasteiger partial charge >= 0.3 is 5.97 Å². The van der Waals surface area contributed by atoms with E-state index in [4.69, 9.17) is 5.73 Å². The molecule has 3 N–H and O–H groups in total. The summed E-state index contributed by atoms with van der Waals surface area (Å²) in [4.78, 5) is 24.3. The molecule has 2 rings (SSSR count). The van der Waals surface area contributed by atoms with Gasteiger partial charge in [-0.15, -0.1) is 0 Å². The molecule has 0 aliphatic heterocycles. The standard InChI is InChI=1S/C18H26N2O5S/c1-25-17(22)13-8-14(10-15(9-13)26(2,23)24)20-16(21)11-18(12-19)6-4-3-5-7-18/h8-10H,3-7,11-12,19H2,1-2H3,(H,20,21). The highest BCUT2D eigenvalue weighted by Gasteiger charge is 2.33. The molecule has 0 spiro atoms. The highest BCUT2D eigenvalue weighted by molar-refractivity contribution is 7.90. The van der Waals surface area contributed by atoms with E-state index in [-0.39, 0.29) is 33.9 Å². The molecular formula is C18H26N2O5S. The lowest BCUT2D eigenvalue weighted by Crippen LogP contribution is -2.36. The summed E-state index contributed by atoms with van der Waals surface area (Å²) in [5.41, 5.74) is 6.03. The monoisotopic (exact) mass is 382 g/mol. The molecule has 1 aromatic carbocycles. The number of methoxy groups -OCH3 is 1. The summed E-state index contributed by atoms with van der Waals surface area (Å²) in [5.74, 6) is -0.907. The number of benzene rings is 1. The molecule has 1 saturated carbocycles. The zero-order valence-electron chi connectivity index (χ0n) is 15.2. The molecule has 0 atom stereocenters. The quantitative estimate of drug-likeness (QED) is 0.728. The molecule has 0 heterocycles. The predicted molar refractivity (Wildman–Crippen MR) is 98.7 cm³/mol. The van der Waals surface area contributed by atoms with E-state index >= 15 is 0 Å². The summed E-state index contributed by atoms with van der Waals surface area (Å²) in [6, 6.07) is 3.99. The number of carbonyl (C=O) groups is 2. The molecule has 0 unspecified atom stereocenters. The van der Waals surface area contributed by atoms with Gasteiger partial charge in [0.05, 0.1) is 17.6 Å². The Kier molecular flexibility index (Phi) is 6.41. The Morgan fingerprint density at radius 3 is 2.38 bits per heavy atom. The lowest BCUT2D eigenvalue weighted by Gasteiger charge is -2.35. The average molecular weight is 382 g/mol. The number of ether oxygens (including phenoxy) is 1. The summed E-state index contributed by atoms with van der Waals surface area (Å²) in [6.45, 7) is 0.442. The van der Waals surface area contributed by atoms with Crippen LogP contribution in [0.3, 0.4) is 0 Å². The van der Waals surface area contributed by atoms with Crippen molar-refractivity contribution in [3.63, 3.8) is 0 Å². The van der Waals surface area contributed by atoms with E-state index in [2.05, 4.69) is 10.1 Å². The maximum Gasteiger partial charge on any atom is 0.337 e. The van der Waals surface area contributed by atoms with Crippen LogP contribution in [0.4, 0.5) is 5.69 Å². The lowest BCUT2D eigenvalue weighted by molar-refractivity contribution is -0.118. The molecular weight excluding hydrogens is 356 g/mol. The fourth-order valence-corrected chi connectivity index (χ4v) is 4.10. The molecule has 0 saturated heterocycles. The summed E-state index contributed by atoms with van der Waals surface area (Å²) >= 11 is 0. The molecule has 1 aliphatic rings. The fourth-order valence-electron chi connectivity index (χ4n) is 3.42. The molecule has 7 nitrogen and oxygen atoms in total. The van der Waals surface area contributed by atoms with Gasteiger partial charge in [0.2, 0.25) is 5.91 Å². The van der Waals surface area contributed by atoms with Gasteiger partial charge in [-0.25, -0.2) is 13.2 Å². The van der Waals surface area contributed by atoms with Crippen LogP contribution in [-0.4, -0.2) is 40.2 Å². The molecule has 144 valence electrons. The Balaban J connectivity index is 2.24. The van der Waals surface area contributed by atoms with E-state index in [9.17, 15) is 18.0 Å². The lowest BCUT2D eigenvalue weighted by atomic mass is 9.71. The number of nitrogens with two attached hydrogens (primary N) is 1. The maximum absolute atomic E-state index is 12.5. The highest BCUT2D eigenvalue weighted by Crippen LogP contribution is 2.38. The first-order valence-corrected chi connectivity index (χ1v) is 10.5. The number of sulfone groups is 1. The molecule has 1 fully saturated rings. The number of rotatable bonds is 6. The van der Waals surface area contributed by atoms with Gasteiger partial charge in [-0.3, -0.25) is 4.79 Å². The van der Waals surface area contributed by atoms with Gasteiger partial charge in [0.15, 0.2) is 9.84 Å². The second-order valence-corrected chi connectivity index (χ2v) is 9.02. The SMILES string of the molecule is COC(=O)c1cc(NC(=O)CC2(CN)CCCCC2)cc(S(C)(=O)=O)c1. The van der Waals surface area contributed by atoms with Crippen LogP contribution in [0.25, 0.3) is 0 Å². The van der Waals surface area contributed by atoms with Crippen molar-refractivity contribution < 1.29 is 22.7 Å². The van der Waals surface area contributed by atoms with Crippen LogP contribution < -0.4 is 11.1 Å². The van der Waals surface area contributed by atoms with E-state index in [1.165, 1.54) is 25.3 Å². The predicted octanol–water partition coefficient (Wildman–Crippen LogP) is 2.11. The normalized spacial score (nSPS) is 16.7. The minimum absolute atomic E-state index is 0.0538. The third-order valence-corrected chi connectivity index (χ3v) is 6.01. The van der Waals surface area contributed by atoms with Crippen LogP contribution in [-0.2, 0) is 19.4 Å². The second-order valence-electron chi connectivity index (χ2n) is 7.00. The first-order chi connectivity index (χ1) is 12.2. The number of esters is 1. The molecule has 1 amide bonds. The van der Waals surface area contributed by atoms with E-state index in [0.717, 1.165) is 38.4 Å². The van der Waals surface area contributed by atoms with Crippen LogP contribution in [0.15, 0.2) is 23.1 Å². The van der Waals surface area contributed by atoms with Crippen molar-refractivity contribution >= 4 is 27.4 Å². The van der Waals surface area contributed by atoms with E-state index in [1.807, 2.05) is 0 Å². The molecule has 0 aromatic heterocycles. The maximum atomic E-state index is 12.5. The van der Waals surface area contributed by atoms with Crippen molar-refractivity contribution in [1.29, 1.82) is 0 Å². The van der Waals surface area contributed by atoms with Crippen LogP contribution in [0, 0.1) is 5.41 Å². The smallest absolute Gasteiger partial charge is 0.337 e. The minimum atomic E-state index is -3.55. The molecule has 1 aliphatic carbocycles. The Hall–Kier alpha value is -1.93. The summed E-state index contributed by atoms with van der Waals surface area (Å²) < 4.78 is 28.4. The van der Waals surface area contributed by atoms with Crippen molar-refractivity contribution in [3.8, 4) is 0 Å².